The molecule has 2 aliphatic carbocycles. The Labute approximate surface area is 188 Å². The average molecular weight is 461 g/mol. The standard InChI is InChI=1S/C24H29FN2O4S/c1-16-14-20(16)22-9-8-19(31-22)15-27(18-6-7-18)24(28)17-10-12-26(13-11-17)32(29,30)23-5-3-2-4-21(23)25/h2-5,8-9,16-18,20H,6-7,10-15H2,1H3. The third-order valence-corrected chi connectivity index (χ3v) is 8.94. The Hall–Kier alpha value is -2.19. The zero-order valence-electron chi connectivity index (χ0n) is 18.2. The van der Waals surface area contributed by atoms with Crippen LogP contribution in [0.25, 0.3) is 0 Å². The number of amides is 1. The molecule has 1 amide bonds. The first-order valence-electron chi connectivity index (χ1n) is 11.5. The second-order valence-electron chi connectivity index (χ2n) is 9.43. The Balaban J connectivity index is 1.23. The molecule has 2 heterocycles. The summed E-state index contributed by atoms with van der Waals surface area (Å²) in [6.07, 6.45) is 4.04. The molecule has 3 aliphatic rings. The van der Waals surface area contributed by atoms with Crippen molar-refractivity contribution in [1.82, 2.24) is 9.21 Å². The lowest BCUT2D eigenvalue weighted by molar-refractivity contribution is -0.138. The van der Waals surface area contributed by atoms with Crippen LogP contribution in [0.15, 0.2) is 45.7 Å². The van der Waals surface area contributed by atoms with Gasteiger partial charge in [-0.3, -0.25) is 4.79 Å². The average Bonchev–Trinajstić information content (AvgIpc) is 3.71. The molecule has 1 aromatic heterocycles. The molecule has 6 nitrogen and oxygen atoms in total. The van der Waals surface area contributed by atoms with Gasteiger partial charge in [0.25, 0.3) is 0 Å². The SMILES string of the molecule is CC1CC1c1ccc(CN(C(=O)C2CCN(S(=O)(=O)c3ccccc3F)CC2)C2CC2)o1. The van der Waals surface area contributed by atoms with Crippen LogP contribution < -0.4 is 0 Å². The van der Waals surface area contributed by atoms with Crippen molar-refractivity contribution in [3.05, 3.63) is 53.7 Å². The predicted octanol–water partition coefficient (Wildman–Crippen LogP) is 4.13. The summed E-state index contributed by atoms with van der Waals surface area (Å²) in [6.45, 7) is 3.12. The second-order valence-corrected chi connectivity index (χ2v) is 11.3. The van der Waals surface area contributed by atoms with Gasteiger partial charge in [-0.25, -0.2) is 12.8 Å². The zero-order valence-corrected chi connectivity index (χ0v) is 19.1. The monoisotopic (exact) mass is 460 g/mol. The van der Waals surface area contributed by atoms with Gasteiger partial charge in [0.05, 0.1) is 6.54 Å². The highest BCUT2D eigenvalue weighted by Crippen LogP contribution is 2.47. The molecule has 0 spiro atoms. The molecule has 5 rings (SSSR count). The lowest BCUT2D eigenvalue weighted by atomic mass is 9.96. The van der Waals surface area contributed by atoms with Crippen LogP contribution in [-0.2, 0) is 21.4 Å². The van der Waals surface area contributed by atoms with Crippen LogP contribution in [0.5, 0.6) is 0 Å². The molecule has 8 heteroatoms. The minimum absolute atomic E-state index is 0.0770. The number of rotatable bonds is 7. The molecule has 0 N–H and O–H groups in total. The largest absolute Gasteiger partial charge is 0.464 e. The van der Waals surface area contributed by atoms with Gasteiger partial charge in [-0.2, -0.15) is 4.31 Å². The minimum atomic E-state index is -3.90. The van der Waals surface area contributed by atoms with Gasteiger partial charge in [-0.15, -0.1) is 0 Å². The highest BCUT2D eigenvalue weighted by atomic mass is 32.2. The molecule has 1 aliphatic heterocycles. The van der Waals surface area contributed by atoms with Crippen LogP contribution in [0.3, 0.4) is 0 Å². The van der Waals surface area contributed by atoms with Crippen molar-refractivity contribution in [1.29, 1.82) is 0 Å². The van der Waals surface area contributed by atoms with E-state index in [9.17, 15) is 17.6 Å². The van der Waals surface area contributed by atoms with Gasteiger partial charge in [0.1, 0.15) is 22.2 Å². The molecule has 2 saturated carbocycles. The van der Waals surface area contributed by atoms with Crippen molar-refractivity contribution in [2.24, 2.45) is 11.8 Å². The maximum Gasteiger partial charge on any atom is 0.245 e. The smallest absolute Gasteiger partial charge is 0.245 e. The summed E-state index contributed by atoms with van der Waals surface area (Å²) in [5, 5.41) is 0. The third-order valence-electron chi connectivity index (χ3n) is 7.01. The molecule has 0 radical (unpaired) electrons. The Kier molecular flexibility index (Phi) is 5.61. The molecular formula is C24H29FN2O4S. The van der Waals surface area contributed by atoms with Crippen molar-refractivity contribution < 1.29 is 22.0 Å². The van der Waals surface area contributed by atoms with E-state index >= 15 is 0 Å². The van der Waals surface area contributed by atoms with E-state index in [1.54, 1.807) is 0 Å². The lowest BCUT2D eigenvalue weighted by Crippen LogP contribution is -2.45. The quantitative estimate of drug-likeness (QED) is 0.623. The summed E-state index contributed by atoms with van der Waals surface area (Å²) < 4.78 is 47.1. The summed E-state index contributed by atoms with van der Waals surface area (Å²) >= 11 is 0. The number of halogens is 1. The number of sulfonamides is 1. The van der Waals surface area contributed by atoms with Gasteiger partial charge in [0, 0.05) is 31.0 Å². The van der Waals surface area contributed by atoms with Crippen LogP contribution >= 0.6 is 0 Å². The maximum atomic E-state index is 14.1. The number of piperidine rings is 1. The van der Waals surface area contributed by atoms with E-state index in [1.165, 1.54) is 22.5 Å². The van der Waals surface area contributed by atoms with E-state index in [2.05, 4.69) is 6.92 Å². The van der Waals surface area contributed by atoms with Crippen molar-refractivity contribution >= 4 is 15.9 Å². The molecule has 2 unspecified atom stereocenters. The van der Waals surface area contributed by atoms with Crippen molar-refractivity contribution in [3.63, 3.8) is 0 Å². The Morgan fingerprint density at radius 2 is 1.81 bits per heavy atom. The molecule has 0 bridgehead atoms. The maximum absolute atomic E-state index is 14.1. The first-order valence-corrected chi connectivity index (χ1v) is 12.9. The molecule has 1 aromatic carbocycles. The van der Waals surface area contributed by atoms with E-state index in [0.29, 0.717) is 31.2 Å². The number of hydrogen-bond acceptors (Lipinski definition) is 4. The molecule has 1 saturated heterocycles. The summed E-state index contributed by atoms with van der Waals surface area (Å²) in [4.78, 5) is 14.9. The molecule has 3 fully saturated rings. The van der Waals surface area contributed by atoms with Gasteiger partial charge in [-0.1, -0.05) is 19.1 Å². The van der Waals surface area contributed by atoms with Crippen LogP contribution in [0.4, 0.5) is 4.39 Å². The summed E-state index contributed by atoms with van der Waals surface area (Å²) in [5.74, 6) is 2.12. The molecule has 2 aromatic rings. The van der Waals surface area contributed by atoms with Crippen LogP contribution in [-0.4, -0.2) is 42.7 Å². The van der Waals surface area contributed by atoms with Gasteiger partial charge in [0.15, 0.2) is 0 Å². The number of benzene rings is 1. The summed E-state index contributed by atoms with van der Waals surface area (Å²) in [5.41, 5.74) is 0. The molecule has 32 heavy (non-hydrogen) atoms. The van der Waals surface area contributed by atoms with E-state index in [1.807, 2.05) is 17.0 Å². The normalized spacial score (nSPS) is 24.4. The summed E-state index contributed by atoms with van der Waals surface area (Å²) in [7, 11) is -3.90. The van der Waals surface area contributed by atoms with E-state index in [0.717, 1.165) is 36.8 Å². The topological polar surface area (TPSA) is 70.8 Å². The van der Waals surface area contributed by atoms with Crippen LogP contribution in [0.1, 0.15) is 56.5 Å². The highest BCUT2D eigenvalue weighted by Gasteiger charge is 2.40. The number of hydrogen-bond donors (Lipinski definition) is 0. The highest BCUT2D eigenvalue weighted by molar-refractivity contribution is 7.89. The fourth-order valence-electron chi connectivity index (χ4n) is 4.71. The predicted molar refractivity (Wildman–Crippen MR) is 117 cm³/mol. The van der Waals surface area contributed by atoms with E-state index in [-0.39, 0.29) is 35.9 Å². The molecule has 172 valence electrons. The molecular weight excluding hydrogens is 431 g/mol. The lowest BCUT2D eigenvalue weighted by Gasteiger charge is -2.33. The van der Waals surface area contributed by atoms with Crippen LogP contribution in [0, 0.1) is 17.7 Å². The number of carbonyl (C=O) groups excluding carboxylic acids is 1. The third kappa shape index (κ3) is 4.22. The van der Waals surface area contributed by atoms with Gasteiger partial charge in [0.2, 0.25) is 15.9 Å². The fourth-order valence-corrected chi connectivity index (χ4v) is 6.24. The van der Waals surface area contributed by atoms with Gasteiger partial charge >= 0.3 is 0 Å². The number of nitrogens with zero attached hydrogens (tertiary/aromatic N) is 2. The van der Waals surface area contributed by atoms with Gasteiger partial charge < -0.3 is 9.32 Å². The number of furan rings is 1. The second kappa shape index (κ2) is 8.30. The van der Waals surface area contributed by atoms with Gasteiger partial charge in [-0.05, 0) is 62.3 Å². The molecule has 2 atom stereocenters. The van der Waals surface area contributed by atoms with Crippen molar-refractivity contribution in [3.8, 4) is 0 Å². The fraction of sp³-hybridized carbons (Fsp3) is 0.542. The minimum Gasteiger partial charge on any atom is -0.464 e. The number of carbonyl (C=O) groups is 1. The Bertz CT molecular complexity index is 1100. The van der Waals surface area contributed by atoms with Crippen LogP contribution in [0.2, 0.25) is 0 Å². The van der Waals surface area contributed by atoms with Crippen molar-refractivity contribution in [2.45, 2.75) is 62.4 Å². The van der Waals surface area contributed by atoms with E-state index < -0.39 is 15.8 Å². The summed E-state index contributed by atoms with van der Waals surface area (Å²) in [6, 6.07) is 9.69. The first-order chi connectivity index (χ1) is 15.3. The zero-order chi connectivity index (χ0) is 22.5. The Morgan fingerprint density at radius 3 is 2.44 bits per heavy atom. The first kappa shape index (κ1) is 21.6. The van der Waals surface area contributed by atoms with Crippen molar-refractivity contribution in [2.75, 3.05) is 13.1 Å². The Morgan fingerprint density at radius 1 is 1.12 bits per heavy atom. The van der Waals surface area contributed by atoms with E-state index in [4.69, 9.17) is 4.42 Å².